The topological polar surface area (TPSA) is 20.3 Å². The number of benzene rings is 2. The smallest absolute Gasteiger partial charge is 0.253 e. The molecule has 98 valence electrons. The van der Waals surface area contributed by atoms with Gasteiger partial charge >= 0.3 is 0 Å². The molecule has 0 saturated carbocycles. The molecule has 4 heteroatoms. The maximum absolute atomic E-state index is 12.2. The van der Waals surface area contributed by atoms with E-state index in [1.54, 1.807) is 36.2 Å². The number of carbonyl (C=O) groups is 1. The molecule has 0 N–H and O–H groups in total. The minimum atomic E-state index is -0.0579. The summed E-state index contributed by atoms with van der Waals surface area (Å²) >= 11 is 11.7. The Balaban J connectivity index is 2.09. The molecule has 0 atom stereocenters. The Bertz CT molecular complexity index is 581. The van der Waals surface area contributed by atoms with Gasteiger partial charge in [-0.15, -0.1) is 0 Å². The van der Waals surface area contributed by atoms with Crippen molar-refractivity contribution >= 4 is 29.1 Å². The van der Waals surface area contributed by atoms with Crippen LogP contribution in [0.5, 0.6) is 0 Å². The van der Waals surface area contributed by atoms with Gasteiger partial charge in [-0.2, -0.15) is 0 Å². The van der Waals surface area contributed by atoms with Crippen molar-refractivity contribution in [3.05, 3.63) is 69.7 Å². The molecule has 2 aromatic rings. The fourth-order valence-corrected chi connectivity index (χ4v) is 2.09. The van der Waals surface area contributed by atoms with Crippen LogP contribution < -0.4 is 0 Å². The molecule has 0 aliphatic carbocycles. The Kier molecular flexibility index (Phi) is 4.46. The van der Waals surface area contributed by atoms with Crippen LogP contribution in [-0.2, 0) is 6.54 Å². The number of nitrogens with zero attached hydrogens (tertiary/aromatic N) is 1. The van der Waals surface area contributed by atoms with Crippen molar-refractivity contribution in [2.75, 3.05) is 7.05 Å². The van der Waals surface area contributed by atoms with Gasteiger partial charge in [0.25, 0.3) is 5.91 Å². The predicted octanol–water partition coefficient (Wildman–Crippen LogP) is 4.27. The van der Waals surface area contributed by atoms with Crippen LogP contribution in [0.4, 0.5) is 0 Å². The molecule has 0 saturated heterocycles. The van der Waals surface area contributed by atoms with Gasteiger partial charge in [0.15, 0.2) is 0 Å². The van der Waals surface area contributed by atoms with Crippen molar-refractivity contribution < 1.29 is 4.79 Å². The lowest BCUT2D eigenvalue weighted by molar-refractivity contribution is 0.0785. The van der Waals surface area contributed by atoms with Gasteiger partial charge in [-0.3, -0.25) is 4.79 Å². The van der Waals surface area contributed by atoms with Crippen LogP contribution in [0.1, 0.15) is 15.9 Å². The van der Waals surface area contributed by atoms with E-state index in [-0.39, 0.29) is 5.91 Å². The number of hydrogen-bond acceptors (Lipinski definition) is 1. The third-order valence-electron chi connectivity index (χ3n) is 2.75. The first-order chi connectivity index (χ1) is 9.06. The summed E-state index contributed by atoms with van der Waals surface area (Å²) in [5, 5.41) is 1.25. The summed E-state index contributed by atoms with van der Waals surface area (Å²) in [6.07, 6.45) is 0. The Hall–Kier alpha value is -1.51. The van der Waals surface area contributed by atoms with Gasteiger partial charge in [-0.1, -0.05) is 41.4 Å². The van der Waals surface area contributed by atoms with Gasteiger partial charge in [-0.25, -0.2) is 0 Å². The molecule has 0 bridgehead atoms. The average Bonchev–Trinajstić information content (AvgIpc) is 2.40. The first-order valence-corrected chi connectivity index (χ1v) is 6.57. The van der Waals surface area contributed by atoms with Crippen LogP contribution in [-0.4, -0.2) is 17.9 Å². The standard InChI is InChI=1S/C15H13Cl2NO/c1-18(10-11-5-7-13(16)8-6-11)15(19)12-3-2-4-14(17)9-12/h2-9H,10H2,1H3. The van der Waals surface area contributed by atoms with Crippen molar-refractivity contribution in [3.8, 4) is 0 Å². The van der Waals surface area contributed by atoms with Crippen molar-refractivity contribution in [3.63, 3.8) is 0 Å². The molecule has 0 aliphatic heterocycles. The van der Waals surface area contributed by atoms with E-state index in [2.05, 4.69) is 0 Å². The molecule has 0 aromatic heterocycles. The highest BCUT2D eigenvalue weighted by Gasteiger charge is 2.12. The van der Waals surface area contributed by atoms with Crippen molar-refractivity contribution in [1.29, 1.82) is 0 Å². The maximum Gasteiger partial charge on any atom is 0.253 e. The van der Waals surface area contributed by atoms with Crippen LogP contribution in [0.3, 0.4) is 0 Å². The summed E-state index contributed by atoms with van der Waals surface area (Å²) in [6.45, 7) is 0.530. The molecule has 19 heavy (non-hydrogen) atoms. The van der Waals surface area contributed by atoms with Crippen LogP contribution in [0.2, 0.25) is 10.0 Å². The predicted molar refractivity (Wildman–Crippen MR) is 78.7 cm³/mol. The van der Waals surface area contributed by atoms with E-state index < -0.39 is 0 Å². The van der Waals surface area contributed by atoms with Gasteiger partial charge in [0.2, 0.25) is 0 Å². The van der Waals surface area contributed by atoms with E-state index in [1.807, 2.05) is 24.3 Å². The lowest BCUT2D eigenvalue weighted by Crippen LogP contribution is -2.26. The quantitative estimate of drug-likeness (QED) is 0.828. The minimum absolute atomic E-state index is 0.0579. The van der Waals surface area contributed by atoms with Crippen LogP contribution in [0.15, 0.2) is 48.5 Å². The first kappa shape index (κ1) is 13.9. The third kappa shape index (κ3) is 3.72. The second kappa shape index (κ2) is 6.09. The van der Waals surface area contributed by atoms with Gasteiger partial charge < -0.3 is 4.90 Å². The highest BCUT2D eigenvalue weighted by molar-refractivity contribution is 6.31. The fourth-order valence-electron chi connectivity index (χ4n) is 1.78. The lowest BCUT2D eigenvalue weighted by atomic mass is 10.1. The molecule has 0 fully saturated rings. The molecular formula is C15H13Cl2NO. The maximum atomic E-state index is 12.2. The average molecular weight is 294 g/mol. The number of amides is 1. The molecule has 0 unspecified atom stereocenters. The summed E-state index contributed by atoms with van der Waals surface area (Å²) in [4.78, 5) is 13.9. The normalized spacial score (nSPS) is 10.3. The van der Waals surface area contributed by atoms with Crippen LogP contribution in [0.25, 0.3) is 0 Å². The lowest BCUT2D eigenvalue weighted by Gasteiger charge is -2.17. The molecule has 0 aliphatic rings. The molecule has 1 amide bonds. The van der Waals surface area contributed by atoms with Crippen molar-refractivity contribution in [1.82, 2.24) is 4.90 Å². The number of carbonyl (C=O) groups excluding carboxylic acids is 1. The zero-order valence-corrected chi connectivity index (χ0v) is 11.9. The molecule has 2 aromatic carbocycles. The summed E-state index contributed by atoms with van der Waals surface area (Å²) in [5.41, 5.74) is 1.62. The molecule has 0 spiro atoms. The summed E-state index contributed by atoms with van der Waals surface area (Å²) in [6, 6.07) is 14.4. The third-order valence-corrected chi connectivity index (χ3v) is 3.24. The molecule has 2 rings (SSSR count). The Morgan fingerprint density at radius 1 is 1.05 bits per heavy atom. The van der Waals surface area contributed by atoms with E-state index in [4.69, 9.17) is 23.2 Å². The summed E-state index contributed by atoms with van der Waals surface area (Å²) in [7, 11) is 1.76. The van der Waals surface area contributed by atoms with Crippen LogP contribution >= 0.6 is 23.2 Å². The van der Waals surface area contributed by atoms with E-state index in [0.717, 1.165) is 5.56 Å². The van der Waals surface area contributed by atoms with E-state index in [1.165, 1.54) is 0 Å². The van der Waals surface area contributed by atoms with E-state index >= 15 is 0 Å². The first-order valence-electron chi connectivity index (χ1n) is 5.82. The summed E-state index contributed by atoms with van der Waals surface area (Å²) in [5.74, 6) is -0.0579. The monoisotopic (exact) mass is 293 g/mol. The Morgan fingerprint density at radius 3 is 2.37 bits per heavy atom. The van der Waals surface area contributed by atoms with Gasteiger partial charge in [0.05, 0.1) is 0 Å². The number of hydrogen-bond donors (Lipinski definition) is 0. The Labute approximate surface area is 122 Å². The number of rotatable bonds is 3. The largest absolute Gasteiger partial charge is 0.337 e. The SMILES string of the molecule is CN(Cc1ccc(Cl)cc1)C(=O)c1cccc(Cl)c1. The molecule has 0 heterocycles. The molecular weight excluding hydrogens is 281 g/mol. The molecule has 2 nitrogen and oxygen atoms in total. The number of halogens is 2. The highest BCUT2D eigenvalue weighted by atomic mass is 35.5. The second-order valence-electron chi connectivity index (χ2n) is 4.30. The zero-order chi connectivity index (χ0) is 13.8. The zero-order valence-electron chi connectivity index (χ0n) is 10.4. The minimum Gasteiger partial charge on any atom is -0.337 e. The summed E-state index contributed by atoms with van der Waals surface area (Å²) < 4.78 is 0. The van der Waals surface area contributed by atoms with Crippen molar-refractivity contribution in [2.24, 2.45) is 0 Å². The van der Waals surface area contributed by atoms with E-state index in [0.29, 0.717) is 22.2 Å². The highest BCUT2D eigenvalue weighted by Crippen LogP contribution is 2.15. The van der Waals surface area contributed by atoms with Crippen molar-refractivity contribution in [2.45, 2.75) is 6.54 Å². The molecule has 0 radical (unpaired) electrons. The van der Waals surface area contributed by atoms with Crippen LogP contribution in [0, 0.1) is 0 Å². The second-order valence-corrected chi connectivity index (χ2v) is 5.17. The van der Waals surface area contributed by atoms with Gasteiger partial charge in [0, 0.05) is 29.2 Å². The Morgan fingerprint density at radius 2 is 1.74 bits per heavy atom. The fraction of sp³-hybridized carbons (Fsp3) is 0.133. The van der Waals surface area contributed by atoms with Gasteiger partial charge in [-0.05, 0) is 35.9 Å². The van der Waals surface area contributed by atoms with E-state index in [9.17, 15) is 4.79 Å². The van der Waals surface area contributed by atoms with Gasteiger partial charge in [0.1, 0.15) is 0 Å².